The van der Waals surface area contributed by atoms with Gasteiger partial charge in [-0.25, -0.2) is 15.0 Å². The average molecular weight is 272 g/mol. The Labute approximate surface area is 115 Å². The summed E-state index contributed by atoms with van der Waals surface area (Å²) in [6.45, 7) is 0. The highest BCUT2D eigenvalue weighted by Crippen LogP contribution is 2.27. The Balaban J connectivity index is 2.22. The van der Waals surface area contributed by atoms with Gasteiger partial charge in [-0.1, -0.05) is 18.2 Å². The second kappa shape index (κ2) is 4.82. The first-order valence-corrected chi connectivity index (χ1v) is 6.08. The molecule has 2 heterocycles. The van der Waals surface area contributed by atoms with Gasteiger partial charge in [-0.05, 0) is 23.7 Å². The van der Waals surface area contributed by atoms with E-state index in [0.29, 0.717) is 5.88 Å². The highest BCUT2D eigenvalue weighted by atomic mass is 35.5. The number of para-hydroxylation sites is 1. The van der Waals surface area contributed by atoms with Gasteiger partial charge in [0.15, 0.2) is 0 Å². The Morgan fingerprint density at radius 2 is 1.89 bits per heavy atom. The van der Waals surface area contributed by atoms with Gasteiger partial charge in [-0.2, -0.15) is 0 Å². The number of aromatic nitrogens is 3. The fraction of sp³-hybridized carbons (Fsp3) is 0.0714. The highest BCUT2D eigenvalue weighted by molar-refractivity contribution is 6.28. The van der Waals surface area contributed by atoms with Crippen LogP contribution in [0, 0.1) is 0 Å². The van der Waals surface area contributed by atoms with E-state index in [9.17, 15) is 0 Å². The van der Waals surface area contributed by atoms with Crippen LogP contribution in [-0.2, 0) is 0 Å². The molecule has 0 unspecified atom stereocenters. The Hall–Kier alpha value is -2.20. The van der Waals surface area contributed by atoms with Crippen molar-refractivity contribution in [2.75, 3.05) is 7.11 Å². The SMILES string of the molecule is COc1ccc(-c2nc(Cl)nc3ccccc23)cn1. The largest absolute Gasteiger partial charge is 0.481 e. The van der Waals surface area contributed by atoms with E-state index < -0.39 is 0 Å². The summed E-state index contributed by atoms with van der Waals surface area (Å²) < 4.78 is 5.05. The van der Waals surface area contributed by atoms with Gasteiger partial charge in [0.1, 0.15) is 0 Å². The number of halogens is 1. The van der Waals surface area contributed by atoms with Crippen molar-refractivity contribution in [1.29, 1.82) is 0 Å². The molecule has 3 rings (SSSR count). The number of pyridine rings is 1. The van der Waals surface area contributed by atoms with E-state index in [1.807, 2.05) is 30.3 Å². The molecule has 0 aliphatic heterocycles. The predicted molar refractivity (Wildman–Crippen MR) is 74.3 cm³/mol. The average Bonchev–Trinajstić information content (AvgIpc) is 2.46. The Morgan fingerprint density at radius 1 is 1.05 bits per heavy atom. The molecule has 0 aliphatic carbocycles. The third kappa shape index (κ3) is 2.22. The Morgan fingerprint density at radius 3 is 2.63 bits per heavy atom. The normalized spacial score (nSPS) is 10.6. The van der Waals surface area contributed by atoms with Gasteiger partial charge in [0.05, 0.1) is 18.3 Å². The first kappa shape index (κ1) is 11.9. The van der Waals surface area contributed by atoms with E-state index >= 15 is 0 Å². The zero-order valence-corrected chi connectivity index (χ0v) is 10.9. The van der Waals surface area contributed by atoms with Crippen LogP contribution in [0.25, 0.3) is 22.2 Å². The molecule has 4 nitrogen and oxygen atoms in total. The lowest BCUT2D eigenvalue weighted by atomic mass is 10.1. The molecule has 0 spiro atoms. The lowest BCUT2D eigenvalue weighted by Gasteiger charge is -2.06. The maximum atomic E-state index is 5.96. The first-order valence-electron chi connectivity index (χ1n) is 5.70. The van der Waals surface area contributed by atoms with Crippen LogP contribution in [0.4, 0.5) is 0 Å². The smallest absolute Gasteiger partial charge is 0.223 e. The number of fused-ring (bicyclic) bond motifs is 1. The quantitative estimate of drug-likeness (QED) is 0.671. The number of hydrogen-bond donors (Lipinski definition) is 0. The van der Waals surface area contributed by atoms with Gasteiger partial charge >= 0.3 is 0 Å². The van der Waals surface area contributed by atoms with Gasteiger partial charge in [0.2, 0.25) is 11.2 Å². The molecule has 0 atom stereocenters. The summed E-state index contributed by atoms with van der Waals surface area (Å²) in [5, 5.41) is 1.17. The lowest BCUT2D eigenvalue weighted by Crippen LogP contribution is -1.92. The molecule has 5 heteroatoms. The van der Waals surface area contributed by atoms with E-state index in [1.54, 1.807) is 19.4 Å². The molecule has 0 saturated carbocycles. The van der Waals surface area contributed by atoms with E-state index in [4.69, 9.17) is 16.3 Å². The summed E-state index contributed by atoms with van der Waals surface area (Å²) in [5.74, 6) is 0.563. The van der Waals surface area contributed by atoms with Gasteiger partial charge in [-0.3, -0.25) is 0 Å². The van der Waals surface area contributed by atoms with Gasteiger partial charge in [-0.15, -0.1) is 0 Å². The van der Waals surface area contributed by atoms with Crippen LogP contribution in [0.3, 0.4) is 0 Å². The van der Waals surface area contributed by atoms with Crippen molar-refractivity contribution < 1.29 is 4.74 Å². The minimum atomic E-state index is 0.226. The summed E-state index contributed by atoms with van der Waals surface area (Å²) in [6, 6.07) is 11.4. The third-order valence-electron chi connectivity index (χ3n) is 2.79. The van der Waals surface area contributed by atoms with Crippen LogP contribution in [0.5, 0.6) is 5.88 Å². The molecular weight excluding hydrogens is 262 g/mol. The van der Waals surface area contributed by atoms with Crippen LogP contribution in [0.1, 0.15) is 0 Å². The molecule has 0 saturated heterocycles. The van der Waals surface area contributed by atoms with Crippen LogP contribution in [-0.4, -0.2) is 22.1 Å². The lowest BCUT2D eigenvalue weighted by molar-refractivity contribution is 0.398. The third-order valence-corrected chi connectivity index (χ3v) is 2.96. The molecule has 2 aromatic heterocycles. The number of methoxy groups -OCH3 is 1. The van der Waals surface area contributed by atoms with Crippen LogP contribution in [0.2, 0.25) is 5.28 Å². The summed E-state index contributed by atoms with van der Waals surface area (Å²) in [5.41, 5.74) is 2.46. The molecule has 1 aromatic carbocycles. The number of ether oxygens (including phenoxy) is 1. The summed E-state index contributed by atoms with van der Waals surface area (Å²) in [6.07, 6.45) is 1.71. The standard InChI is InChI=1S/C14H10ClN3O/c1-19-12-7-6-9(8-16-12)13-10-4-2-3-5-11(10)17-14(15)18-13/h2-8H,1H3. The van der Waals surface area contributed by atoms with Crippen LogP contribution < -0.4 is 4.74 Å². The summed E-state index contributed by atoms with van der Waals surface area (Å²) in [7, 11) is 1.58. The second-order valence-electron chi connectivity index (χ2n) is 3.95. The minimum absolute atomic E-state index is 0.226. The van der Waals surface area contributed by atoms with Crippen molar-refractivity contribution >= 4 is 22.5 Å². The molecule has 0 aliphatic rings. The Bertz CT molecular complexity index is 728. The maximum absolute atomic E-state index is 5.96. The molecule has 94 valence electrons. The number of rotatable bonds is 2. The van der Waals surface area contributed by atoms with Gasteiger partial charge in [0, 0.05) is 23.2 Å². The molecular formula is C14H10ClN3O. The van der Waals surface area contributed by atoms with E-state index in [1.165, 1.54) is 0 Å². The molecule has 0 radical (unpaired) electrons. The summed E-state index contributed by atoms with van der Waals surface area (Å²) in [4.78, 5) is 12.7. The van der Waals surface area contributed by atoms with Gasteiger partial charge in [0.25, 0.3) is 0 Å². The zero-order chi connectivity index (χ0) is 13.2. The fourth-order valence-corrected chi connectivity index (χ4v) is 2.08. The van der Waals surface area contributed by atoms with Crippen molar-refractivity contribution in [1.82, 2.24) is 15.0 Å². The fourth-order valence-electron chi connectivity index (χ4n) is 1.91. The van der Waals surface area contributed by atoms with Crippen molar-refractivity contribution in [3.05, 3.63) is 47.9 Å². The molecule has 0 amide bonds. The minimum Gasteiger partial charge on any atom is -0.481 e. The second-order valence-corrected chi connectivity index (χ2v) is 4.29. The van der Waals surface area contributed by atoms with E-state index in [-0.39, 0.29) is 5.28 Å². The van der Waals surface area contributed by atoms with Crippen LogP contribution >= 0.6 is 11.6 Å². The van der Waals surface area contributed by atoms with Crippen molar-refractivity contribution in [2.45, 2.75) is 0 Å². The molecule has 3 aromatic rings. The molecule has 19 heavy (non-hydrogen) atoms. The summed E-state index contributed by atoms with van der Waals surface area (Å²) >= 11 is 5.96. The first-order chi connectivity index (χ1) is 9.28. The van der Waals surface area contributed by atoms with E-state index in [2.05, 4.69) is 15.0 Å². The number of hydrogen-bond acceptors (Lipinski definition) is 4. The topological polar surface area (TPSA) is 47.9 Å². The number of benzene rings is 1. The predicted octanol–water partition coefficient (Wildman–Crippen LogP) is 3.35. The molecule has 0 bridgehead atoms. The molecule has 0 N–H and O–H groups in total. The Kier molecular flexibility index (Phi) is 3.01. The van der Waals surface area contributed by atoms with Crippen molar-refractivity contribution in [3.63, 3.8) is 0 Å². The highest BCUT2D eigenvalue weighted by Gasteiger charge is 2.09. The van der Waals surface area contributed by atoms with Crippen molar-refractivity contribution in [2.24, 2.45) is 0 Å². The van der Waals surface area contributed by atoms with Crippen LogP contribution in [0.15, 0.2) is 42.6 Å². The van der Waals surface area contributed by atoms with E-state index in [0.717, 1.165) is 22.2 Å². The van der Waals surface area contributed by atoms with Crippen molar-refractivity contribution in [3.8, 4) is 17.1 Å². The monoisotopic (exact) mass is 271 g/mol. The van der Waals surface area contributed by atoms with Gasteiger partial charge < -0.3 is 4.74 Å². The zero-order valence-electron chi connectivity index (χ0n) is 10.2. The maximum Gasteiger partial charge on any atom is 0.223 e. The molecule has 0 fully saturated rings. The number of nitrogens with zero attached hydrogens (tertiary/aromatic N) is 3.